The van der Waals surface area contributed by atoms with Crippen molar-refractivity contribution in [2.45, 2.75) is 37.1 Å². The third-order valence-corrected chi connectivity index (χ3v) is 3.94. The number of anilines is 1. The molecule has 1 aliphatic heterocycles. The molecule has 0 bridgehead atoms. The van der Waals surface area contributed by atoms with Crippen LogP contribution >= 0.6 is 0 Å². The van der Waals surface area contributed by atoms with Crippen LogP contribution < -0.4 is 11.3 Å². The minimum Gasteiger partial charge on any atom is -0.391 e. The number of nitrogen functional groups attached to an aromatic ring is 1. The highest BCUT2D eigenvalue weighted by Crippen LogP contribution is 2.43. The zero-order valence-corrected chi connectivity index (χ0v) is 12.1. The zero-order valence-electron chi connectivity index (χ0n) is 12.1. The zero-order chi connectivity index (χ0) is 16.9. The van der Waals surface area contributed by atoms with E-state index >= 15 is 4.39 Å². The molecule has 8 nitrogen and oxygen atoms in total. The Morgan fingerprint density at radius 1 is 1.70 bits per heavy atom. The van der Waals surface area contributed by atoms with Crippen LogP contribution in [0, 0.1) is 12.3 Å². The van der Waals surface area contributed by atoms with Gasteiger partial charge in [-0.2, -0.15) is 4.98 Å². The molecule has 1 saturated heterocycles. The molecule has 3 heterocycles. The van der Waals surface area contributed by atoms with E-state index in [1.165, 1.54) is 23.8 Å². The van der Waals surface area contributed by atoms with Crippen molar-refractivity contribution in [3.8, 4) is 12.3 Å². The largest absolute Gasteiger partial charge is 0.391 e. The van der Waals surface area contributed by atoms with Gasteiger partial charge in [-0.3, -0.25) is 9.78 Å². The third-order valence-electron chi connectivity index (χ3n) is 3.94. The number of fused-ring (bicyclic) bond motifs is 1. The summed E-state index contributed by atoms with van der Waals surface area (Å²) in [6.45, 7) is 1.35. The van der Waals surface area contributed by atoms with Gasteiger partial charge in [0.25, 0.3) is 5.56 Å². The van der Waals surface area contributed by atoms with E-state index in [-0.39, 0.29) is 17.0 Å². The maximum absolute atomic E-state index is 15.1. The summed E-state index contributed by atoms with van der Waals surface area (Å²) in [4.78, 5) is 18.1. The number of aliphatic hydroxyl groups is 2. The number of nitrogens with two attached hydrogens (primary N) is 1. The number of rotatable bonds is 2. The maximum Gasteiger partial charge on any atom is 0.261 e. The van der Waals surface area contributed by atoms with Gasteiger partial charge in [-0.1, -0.05) is 5.92 Å². The number of H-pyrrole nitrogens is 1. The minimum absolute atomic E-state index is 0.0620. The summed E-state index contributed by atoms with van der Waals surface area (Å²) in [6.07, 6.45) is 1.03. The molecule has 0 aromatic carbocycles. The number of aromatic nitrogens is 3. The van der Waals surface area contributed by atoms with Crippen LogP contribution in [0.4, 0.5) is 10.3 Å². The van der Waals surface area contributed by atoms with E-state index in [2.05, 4.69) is 9.97 Å². The molecule has 0 saturated carbocycles. The van der Waals surface area contributed by atoms with Crippen molar-refractivity contribution in [3.05, 3.63) is 22.6 Å². The van der Waals surface area contributed by atoms with E-state index in [1.807, 2.05) is 5.92 Å². The first kappa shape index (κ1) is 15.5. The molecule has 0 amide bonds. The predicted octanol–water partition coefficient (Wildman–Crippen LogP) is -0.713. The van der Waals surface area contributed by atoms with Crippen LogP contribution in [0.5, 0.6) is 0 Å². The first-order chi connectivity index (χ1) is 10.8. The van der Waals surface area contributed by atoms with Crippen molar-refractivity contribution in [1.29, 1.82) is 0 Å². The summed E-state index contributed by atoms with van der Waals surface area (Å²) < 4.78 is 21.7. The topological polar surface area (TPSA) is 126 Å². The van der Waals surface area contributed by atoms with E-state index in [0.717, 1.165) is 0 Å². The average Bonchev–Trinajstić information content (AvgIpc) is 3.00. The smallest absolute Gasteiger partial charge is 0.261 e. The standard InChI is InChI=1S/C14H15FN4O4/c1-3-14(15)9(21)8(6(2)20)23-12(14)19-5-4-7-10(19)17-13(16)18-11(7)22/h1,4-6,8-9,12,20-21H,2H3,(H3,16,17,18,22)/t6-,8-,9?,12-,14?/m1/s1. The highest BCUT2D eigenvalue weighted by molar-refractivity contribution is 5.76. The van der Waals surface area contributed by atoms with Gasteiger partial charge in [-0.25, -0.2) is 4.39 Å². The van der Waals surface area contributed by atoms with Gasteiger partial charge >= 0.3 is 0 Å². The first-order valence-corrected chi connectivity index (χ1v) is 6.84. The molecule has 0 aliphatic carbocycles. The molecule has 3 rings (SSSR count). The quantitative estimate of drug-likeness (QED) is 0.541. The number of hydrogen-bond donors (Lipinski definition) is 4. The molecule has 9 heteroatoms. The third kappa shape index (κ3) is 2.11. The Labute approximate surface area is 129 Å². The Balaban J connectivity index is 2.18. The molecule has 0 spiro atoms. The SMILES string of the molecule is C#CC1(F)C(O)[C@@H]([C@@H](C)O)O[C@H]1n1ccc2c(=O)[nH]c(N)nc21. The van der Waals surface area contributed by atoms with Crippen LogP contribution in [0.1, 0.15) is 13.2 Å². The van der Waals surface area contributed by atoms with Gasteiger partial charge in [-0.15, -0.1) is 6.42 Å². The lowest BCUT2D eigenvalue weighted by molar-refractivity contribution is -0.0775. The fourth-order valence-corrected chi connectivity index (χ4v) is 2.76. The number of nitrogens with zero attached hydrogens (tertiary/aromatic N) is 2. The second-order valence-corrected chi connectivity index (χ2v) is 5.46. The molecule has 2 unspecified atom stereocenters. The van der Waals surface area contributed by atoms with Crippen molar-refractivity contribution in [2.75, 3.05) is 5.73 Å². The molecule has 122 valence electrons. The number of aliphatic hydroxyl groups excluding tert-OH is 2. The molecule has 5 N–H and O–H groups in total. The van der Waals surface area contributed by atoms with Crippen molar-refractivity contribution < 1.29 is 19.3 Å². The molecular formula is C14H15FN4O4. The molecule has 1 fully saturated rings. The fraction of sp³-hybridized carbons (Fsp3) is 0.429. The maximum atomic E-state index is 15.1. The summed E-state index contributed by atoms with van der Waals surface area (Å²) in [5.74, 6) is 1.73. The summed E-state index contributed by atoms with van der Waals surface area (Å²) in [6, 6.07) is 1.41. The van der Waals surface area contributed by atoms with Gasteiger partial charge in [0.2, 0.25) is 11.6 Å². The molecular weight excluding hydrogens is 307 g/mol. The van der Waals surface area contributed by atoms with Gasteiger partial charge < -0.3 is 25.3 Å². The van der Waals surface area contributed by atoms with Crippen LogP contribution in [0.3, 0.4) is 0 Å². The van der Waals surface area contributed by atoms with Crippen LogP contribution in [-0.4, -0.2) is 48.7 Å². The fourth-order valence-electron chi connectivity index (χ4n) is 2.76. The highest BCUT2D eigenvalue weighted by atomic mass is 19.1. The van der Waals surface area contributed by atoms with E-state index in [0.29, 0.717) is 0 Å². The molecule has 23 heavy (non-hydrogen) atoms. The van der Waals surface area contributed by atoms with Crippen molar-refractivity contribution >= 4 is 17.0 Å². The van der Waals surface area contributed by atoms with E-state index in [1.54, 1.807) is 0 Å². The lowest BCUT2D eigenvalue weighted by Gasteiger charge is -2.24. The molecule has 2 aromatic heterocycles. The second-order valence-electron chi connectivity index (χ2n) is 5.46. The summed E-state index contributed by atoms with van der Waals surface area (Å²) in [7, 11) is 0. The number of nitrogens with one attached hydrogen (secondary N) is 1. The number of halogens is 1. The van der Waals surface area contributed by atoms with Gasteiger partial charge in [0.1, 0.15) is 12.2 Å². The van der Waals surface area contributed by atoms with E-state index in [4.69, 9.17) is 16.9 Å². The molecule has 0 radical (unpaired) electrons. The second kappa shape index (κ2) is 5.06. The van der Waals surface area contributed by atoms with Crippen molar-refractivity contribution in [2.24, 2.45) is 0 Å². The Hall–Kier alpha value is -2.41. The Morgan fingerprint density at radius 2 is 2.39 bits per heavy atom. The van der Waals surface area contributed by atoms with E-state index in [9.17, 15) is 15.0 Å². The number of alkyl halides is 1. The Bertz CT molecular complexity index is 855. The van der Waals surface area contributed by atoms with Crippen LogP contribution in [0.2, 0.25) is 0 Å². The number of aromatic amines is 1. The Kier molecular flexibility index (Phi) is 3.40. The van der Waals surface area contributed by atoms with E-state index < -0.39 is 35.8 Å². The summed E-state index contributed by atoms with van der Waals surface area (Å²) >= 11 is 0. The summed E-state index contributed by atoms with van der Waals surface area (Å²) in [5.41, 5.74) is 2.47. The van der Waals surface area contributed by atoms with Gasteiger partial charge in [0, 0.05) is 6.20 Å². The highest BCUT2D eigenvalue weighted by Gasteiger charge is 2.58. The van der Waals surface area contributed by atoms with Gasteiger partial charge in [0.05, 0.1) is 11.5 Å². The average molecular weight is 322 g/mol. The van der Waals surface area contributed by atoms with Gasteiger partial charge in [0.15, 0.2) is 11.9 Å². The lowest BCUT2D eigenvalue weighted by Crippen LogP contribution is -2.43. The van der Waals surface area contributed by atoms with Crippen LogP contribution in [0.25, 0.3) is 11.0 Å². The minimum atomic E-state index is -2.60. The lowest BCUT2D eigenvalue weighted by atomic mass is 9.95. The monoisotopic (exact) mass is 322 g/mol. The number of ether oxygens (including phenoxy) is 1. The Morgan fingerprint density at radius 3 is 3.00 bits per heavy atom. The molecule has 1 aliphatic rings. The van der Waals surface area contributed by atoms with Gasteiger partial charge in [-0.05, 0) is 13.0 Å². The molecule has 5 atom stereocenters. The first-order valence-electron chi connectivity index (χ1n) is 6.84. The van der Waals surface area contributed by atoms with Crippen molar-refractivity contribution in [3.63, 3.8) is 0 Å². The number of terminal acetylenes is 1. The number of hydrogen-bond acceptors (Lipinski definition) is 6. The van der Waals surface area contributed by atoms with Crippen LogP contribution in [-0.2, 0) is 4.74 Å². The predicted molar refractivity (Wildman–Crippen MR) is 79.0 cm³/mol. The van der Waals surface area contributed by atoms with Crippen molar-refractivity contribution in [1.82, 2.24) is 14.5 Å². The summed E-state index contributed by atoms with van der Waals surface area (Å²) in [5, 5.41) is 19.9. The van der Waals surface area contributed by atoms with Crippen LogP contribution in [0.15, 0.2) is 17.1 Å². The normalized spacial score (nSPS) is 32.0. The molecule has 2 aromatic rings.